The van der Waals surface area contributed by atoms with E-state index in [-0.39, 0.29) is 0 Å². The summed E-state index contributed by atoms with van der Waals surface area (Å²) in [7, 11) is 0. The molecule has 0 unspecified atom stereocenters. The third-order valence-corrected chi connectivity index (χ3v) is 1.57. The fourth-order valence-electron chi connectivity index (χ4n) is 1.10. The van der Waals surface area contributed by atoms with E-state index in [1.165, 1.54) is 11.1 Å². The Hall–Kier alpha value is -0.980. The van der Waals surface area contributed by atoms with Crippen molar-refractivity contribution in [1.82, 2.24) is 0 Å². The summed E-state index contributed by atoms with van der Waals surface area (Å²) in [5.41, 5.74) is 9.07. The first kappa shape index (κ1) is 7.13. The first-order valence-corrected chi connectivity index (χ1v) is 3.58. The Morgan fingerprint density at radius 3 is 2.50 bits per heavy atom. The molecule has 0 saturated carbocycles. The molecule has 0 aliphatic rings. The van der Waals surface area contributed by atoms with Crippen molar-refractivity contribution < 1.29 is 0 Å². The number of benzene rings is 1. The Labute approximate surface area is 61.9 Å². The molecule has 2 N–H and O–H groups in total. The van der Waals surface area contributed by atoms with E-state index in [2.05, 4.69) is 19.9 Å². The molecule has 0 heterocycles. The summed E-state index contributed by atoms with van der Waals surface area (Å²) in [6.45, 7) is 4.20. The number of nitrogens with two attached hydrogens (primary N) is 1. The molecule has 0 radical (unpaired) electrons. The van der Waals surface area contributed by atoms with Gasteiger partial charge in [0.25, 0.3) is 0 Å². The Bertz CT molecular complexity index is 208. The lowest BCUT2D eigenvalue weighted by Gasteiger charge is -2.00. The van der Waals surface area contributed by atoms with Crippen LogP contribution in [-0.2, 0) is 6.42 Å². The zero-order valence-electron chi connectivity index (χ0n) is 6.52. The summed E-state index contributed by atoms with van der Waals surface area (Å²) >= 11 is 0. The average Bonchev–Trinajstić information content (AvgIpc) is 1.85. The summed E-state index contributed by atoms with van der Waals surface area (Å²) in [6, 6.07) is 6.17. The van der Waals surface area contributed by atoms with Crippen molar-refractivity contribution in [3.05, 3.63) is 29.3 Å². The third-order valence-electron chi connectivity index (χ3n) is 1.57. The van der Waals surface area contributed by atoms with E-state index in [0.29, 0.717) is 0 Å². The van der Waals surface area contributed by atoms with E-state index in [4.69, 9.17) is 5.73 Å². The largest absolute Gasteiger partial charge is 0.399 e. The van der Waals surface area contributed by atoms with Crippen LogP contribution < -0.4 is 5.73 Å². The van der Waals surface area contributed by atoms with E-state index in [0.717, 1.165) is 12.1 Å². The Morgan fingerprint density at radius 2 is 2.00 bits per heavy atom. The van der Waals surface area contributed by atoms with Crippen molar-refractivity contribution in [2.24, 2.45) is 0 Å². The normalized spacial score (nSPS) is 9.80. The van der Waals surface area contributed by atoms with Gasteiger partial charge in [-0.05, 0) is 36.6 Å². The van der Waals surface area contributed by atoms with Crippen molar-refractivity contribution in [2.45, 2.75) is 20.3 Å². The number of hydrogen-bond acceptors (Lipinski definition) is 1. The first-order valence-electron chi connectivity index (χ1n) is 3.58. The molecule has 0 amide bonds. The monoisotopic (exact) mass is 135 g/mol. The number of hydrogen-bond donors (Lipinski definition) is 1. The highest BCUT2D eigenvalue weighted by atomic mass is 14.5. The molecule has 1 heteroatoms. The summed E-state index contributed by atoms with van der Waals surface area (Å²) in [4.78, 5) is 0. The number of rotatable bonds is 1. The quantitative estimate of drug-likeness (QED) is 0.586. The average molecular weight is 135 g/mol. The molecule has 0 aromatic heterocycles. The molecule has 0 saturated heterocycles. The number of nitrogen functional groups attached to an aromatic ring is 1. The predicted octanol–water partition coefficient (Wildman–Crippen LogP) is 2.14. The van der Waals surface area contributed by atoms with Crippen LogP contribution in [0.4, 0.5) is 5.69 Å². The summed E-state index contributed by atoms with van der Waals surface area (Å²) in [5.74, 6) is 0. The van der Waals surface area contributed by atoms with Gasteiger partial charge in [0.1, 0.15) is 0 Å². The van der Waals surface area contributed by atoms with Gasteiger partial charge >= 0.3 is 0 Å². The second-order valence-electron chi connectivity index (χ2n) is 2.61. The van der Waals surface area contributed by atoms with Gasteiger partial charge in [-0.15, -0.1) is 0 Å². The molecule has 0 bridgehead atoms. The summed E-state index contributed by atoms with van der Waals surface area (Å²) in [5, 5.41) is 0. The van der Waals surface area contributed by atoms with Gasteiger partial charge in [0.05, 0.1) is 0 Å². The molecular weight excluding hydrogens is 122 g/mol. The van der Waals surface area contributed by atoms with Gasteiger partial charge < -0.3 is 5.73 Å². The van der Waals surface area contributed by atoms with E-state index in [9.17, 15) is 0 Å². The van der Waals surface area contributed by atoms with E-state index < -0.39 is 0 Å². The number of aryl methyl sites for hydroxylation is 2. The van der Waals surface area contributed by atoms with E-state index in [1.54, 1.807) is 0 Å². The zero-order valence-corrected chi connectivity index (χ0v) is 6.52. The smallest absolute Gasteiger partial charge is 0.0319 e. The number of anilines is 1. The van der Waals surface area contributed by atoms with Gasteiger partial charge in [-0.3, -0.25) is 0 Å². The van der Waals surface area contributed by atoms with Crippen LogP contribution >= 0.6 is 0 Å². The van der Waals surface area contributed by atoms with Crippen molar-refractivity contribution in [2.75, 3.05) is 5.73 Å². The Kier molecular flexibility index (Phi) is 1.95. The van der Waals surface area contributed by atoms with Crippen LogP contribution in [0, 0.1) is 6.92 Å². The van der Waals surface area contributed by atoms with Gasteiger partial charge in [0, 0.05) is 5.69 Å². The fraction of sp³-hybridized carbons (Fsp3) is 0.333. The molecule has 10 heavy (non-hydrogen) atoms. The molecule has 0 aliphatic heterocycles. The minimum absolute atomic E-state index is 0.872. The fourth-order valence-corrected chi connectivity index (χ4v) is 1.10. The van der Waals surface area contributed by atoms with Crippen LogP contribution in [0.15, 0.2) is 18.2 Å². The predicted molar refractivity (Wildman–Crippen MR) is 45.0 cm³/mol. The van der Waals surface area contributed by atoms with Crippen LogP contribution in [0.25, 0.3) is 0 Å². The highest BCUT2D eigenvalue weighted by molar-refractivity contribution is 5.44. The SMILES string of the molecule is CCc1cc(C)cc(N)c1. The highest BCUT2D eigenvalue weighted by Gasteiger charge is 1.91. The highest BCUT2D eigenvalue weighted by Crippen LogP contribution is 2.10. The molecule has 0 spiro atoms. The molecule has 0 fully saturated rings. The second-order valence-corrected chi connectivity index (χ2v) is 2.61. The maximum absolute atomic E-state index is 5.64. The summed E-state index contributed by atoms with van der Waals surface area (Å²) < 4.78 is 0. The molecule has 1 nitrogen and oxygen atoms in total. The van der Waals surface area contributed by atoms with Crippen LogP contribution in [-0.4, -0.2) is 0 Å². The van der Waals surface area contributed by atoms with Gasteiger partial charge in [0.15, 0.2) is 0 Å². The molecule has 0 atom stereocenters. The van der Waals surface area contributed by atoms with E-state index >= 15 is 0 Å². The van der Waals surface area contributed by atoms with Crippen LogP contribution in [0.1, 0.15) is 18.1 Å². The second kappa shape index (κ2) is 2.74. The standard InChI is InChI=1S/C9H13N/c1-3-8-4-7(2)5-9(10)6-8/h4-6H,3,10H2,1-2H3. The van der Waals surface area contributed by atoms with Crippen LogP contribution in [0.3, 0.4) is 0 Å². The molecule has 0 aliphatic carbocycles. The lowest BCUT2D eigenvalue weighted by atomic mass is 10.1. The van der Waals surface area contributed by atoms with Gasteiger partial charge in [0.2, 0.25) is 0 Å². The van der Waals surface area contributed by atoms with Crippen molar-refractivity contribution in [3.63, 3.8) is 0 Å². The summed E-state index contributed by atoms with van der Waals surface area (Å²) in [6.07, 6.45) is 1.06. The Morgan fingerprint density at radius 1 is 1.30 bits per heavy atom. The molecule has 1 rings (SSSR count). The van der Waals surface area contributed by atoms with Crippen molar-refractivity contribution in [1.29, 1.82) is 0 Å². The minimum atomic E-state index is 0.872. The topological polar surface area (TPSA) is 26.0 Å². The maximum Gasteiger partial charge on any atom is 0.0319 e. The lowest BCUT2D eigenvalue weighted by Crippen LogP contribution is -1.88. The zero-order chi connectivity index (χ0) is 7.56. The first-order chi connectivity index (χ1) is 4.72. The van der Waals surface area contributed by atoms with E-state index in [1.807, 2.05) is 12.1 Å². The molecule has 1 aromatic rings. The minimum Gasteiger partial charge on any atom is -0.399 e. The van der Waals surface area contributed by atoms with Gasteiger partial charge in [-0.2, -0.15) is 0 Å². The van der Waals surface area contributed by atoms with Gasteiger partial charge in [-0.25, -0.2) is 0 Å². The Balaban J connectivity index is 3.06. The molecule has 54 valence electrons. The van der Waals surface area contributed by atoms with Crippen LogP contribution in [0.2, 0.25) is 0 Å². The maximum atomic E-state index is 5.64. The lowest BCUT2D eigenvalue weighted by molar-refractivity contribution is 1.13. The van der Waals surface area contributed by atoms with Gasteiger partial charge in [-0.1, -0.05) is 13.0 Å². The third kappa shape index (κ3) is 1.50. The van der Waals surface area contributed by atoms with Crippen LogP contribution in [0.5, 0.6) is 0 Å². The van der Waals surface area contributed by atoms with Crippen molar-refractivity contribution >= 4 is 5.69 Å². The molecule has 1 aromatic carbocycles. The van der Waals surface area contributed by atoms with Crippen molar-refractivity contribution in [3.8, 4) is 0 Å². The molecular formula is C9H13N.